The van der Waals surface area contributed by atoms with Gasteiger partial charge >= 0.3 is 0 Å². The molecule has 0 saturated heterocycles. The number of aromatic hydroxyl groups is 1. The van der Waals surface area contributed by atoms with Crippen molar-refractivity contribution in [3.05, 3.63) is 47.4 Å². The quantitative estimate of drug-likeness (QED) is 0.845. The van der Waals surface area contributed by atoms with E-state index in [0.717, 1.165) is 24.2 Å². The van der Waals surface area contributed by atoms with Crippen LogP contribution in [-0.4, -0.2) is 15.1 Å². The molecule has 0 radical (unpaired) electrons. The summed E-state index contributed by atoms with van der Waals surface area (Å²) in [5.41, 5.74) is 3.51. The molecule has 1 heterocycles. The number of aromatic nitrogens is 2. The zero-order valence-electron chi connectivity index (χ0n) is 12.3. The lowest BCUT2D eigenvalue weighted by atomic mass is 10.1. The highest BCUT2D eigenvalue weighted by Gasteiger charge is 2.16. The monoisotopic (exact) mass is 283 g/mol. The fourth-order valence-corrected chi connectivity index (χ4v) is 2.90. The van der Waals surface area contributed by atoms with Crippen molar-refractivity contribution in [2.75, 3.05) is 5.32 Å². The molecule has 110 valence electrons. The summed E-state index contributed by atoms with van der Waals surface area (Å²) in [5, 5.41) is 13.1. The lowest BCUT2D eigenvalue weighted by molar-refractivity contribution is 0.474. The largest absolute Gasteiger partial charge is 0.508 e. The van der Waals surface area contributed by atoms with Crippen LogP contribution in [0.3, 0.4) is 0 Å². The number of hydrogen-bond acceptors (Lipinski definition) is 4. The molecule has 1 aliphatic carbocycles. The highest BCUT2D eigenvalue weighted by Crippen LogP contribution is 2.27. The van der Waals surface area contributed by atoms with Crippen LogP contribution < -0.4 is 5.32 Å². The van der Waals surface area contributed by atoms with Gasteiger partial charge in [0.2, 0.25) is 0 Å². The molecule has 4 nitrogen and oxygen atoms in total. The molecule has 1 aliphatic rings. The zero-order chi connectivity index (χ0) is 14.7. The van der Waals surface area contributed by atoms with Gasteiger partial charge in [-0.2, -0.15) is 0 Å². The number of phenols is 1. The summed E-state index contributed by atoms with van der Waals surface area (Å²) in [7, 11) is 0. The molecule has 0 aliphatic heterocycles. The van der Waals surface area contributed by atoms with Crippen molar-refractivity contribution in [3.63, 3.8) is 0 Å². The van der Waals surface area contributed by atoms with Crippen molar-refractivity contribution in [2.24, 2.45) is 0 Å². The van der Waals surface area contributed by atoms with Crippen molar-refractivity contribution in [2.45, 2.75) is 45.1 Å². The Kier molecular flexibility index (Phi) is 4.04. The second kappa shape index (κ2) is 6.12. The average molecular weight is 283 g/mol. The Hall–Kier alpha value is -2.10. The number of phenolic OH excluding ortho intramolecular Hbond substituents is 1. The molecule has 4 heteroatoms. The molecule has 21 heavy (non-hydrogen) atoms. The van der Waals surface area contributed by atoms with Gasteiger partial charge in [0, 0.05) is 11.3 Å². The first-order valence-corrected chi connectivity index (χ1v) is 7.62. The number of nitrogens with zero attached hydrogens (tertiary/aromatic N) is 2. The topological polar surface area (TPSA) is 58.0 Å². The maximum absolute atomic E-state index is 9.60. The second-order valence-electron chi connectivity index (χ2n) is 5.67. The smallest absolute Gasteiger partial charge is 0.133 e. The Morgan fingerprint density at radius 1 is 1.14 bits per heavy atom. The van der Waals surface area contributed by atoms with E-state index < -0.39 is 0 Å². The van der Waals surface area contributed by atoms with Crippen LogP contribution >= 0.6 is 0 Å². The average Bonchev–Trinajstić information content (AvgIpc) is 2.73. The summed E-state index contributed by atoms with van der Waals surface area (Å²) in [6, 6.07) is 7.45. The molecule has 0 bridgehead atoms. The Morgan fingerprint density at radius 2 is 2.00 bits per heavy atom. The summed E-state index contributed by atoms with van der Waals surface area (Å²) in [6.07, 6.45) is 7.43. The van der Waals surface area contributed by atoms with Crippen LogP contribution in [-0.2, 0) is 12.8 Å². The standard InChI is InChI=1S/C17H21N3O/c1-12(13-6-5-7-14(21)10-13)20-17-15-8-3-2-4-9-16(15)18-11-19-17/h5-7,10-12,21H,2-4,8-9H2,1H3,(H,18,19,20)/t12-/m0/s1. The summed E-state index contributed by atoms with van der Waals surface area (Å²) in [6.45, 7) is 2.08. The van der Waals surface area contributed by atoms with Crippen LogP contribution in [0.5, 0.6) is 5.75 Å². The van der Waals surface area contributed by atoms with Crippen molar-refractivity contribution in [1.29, 1.82) is 0 Å². The molecule has 2 aromatic rings. The number of aryl methyl sites for hydroxylation is 1. The van der Waals surface area contributed by atoms with Gasteiger partial charge in [-0.1, -0.05) is 18.6 Å². The van der Waals surface area contributed by atoms with Gasteiger partial charge in [0.25, 0.3) is 0 Å². The molecule has 3 rings (SSSR count). The number of anilines is 1. The van der Waals surface area contributed by atoms with Crippen LogP contribution in [0, 0.1) is 0 Å². The number of nitrogens with one attached hydrogen (secondary N) is 1. The van der Waals surface area contributed by atoms with Gasteiger partial charge < -0.3 is 10.4 Å². The molecule has 1 atom stereocenters. The third kappa shape index (κ3) is 3.15. The van der Waals surface area contributed by atoms with E-state index in [0.29, 0.717) is 5.75 Å². The van der Waals surface area contributed by atoms with Gasteiger partial charge in [-0.05, 0) is 50.3 Å². The number of hydrogen-bond donors (Lipinski definition) is 2. The summed E-state index contributed by atoms with van der Waals surface area (Å²) >= 11 is 0. The van der Waals surface area contributed by atoms with Gasteiger partial charge in [-0.25, -0.2) is 9.97 Å². The SMILES string of the molecule is C[C@H](Nc1ncnc2c1CCCCC2)c1cccc(O)c1. The Labute approximate surface area is 125 Å². The Bertz CT molecular complexity index is 627. The molecule has 0 amide bonds. The van der Waals surface area contributed by atoms with Gasteiger partial charge in [-0.15, -0.1) is 0 Å². The molecule has 0 unspecified atom stereocenters. The first-order chi connectivity index (χ1) is 10.2. The van der Waals surface area contributed by atoms with Crippen molar-refractivity contribution >= 4 is 5.82 Å². The Balaban J connectivity index is 1.84. The fraction of sp³-hybridized carbons (Fsp3) is 0.412. The summed E-state index contributed by atoms with van der Waals surface area (Å²) in [4.78, 5) is 8.88. The van der Waals surface area contributed by atoms with Crippen molar-refractivity contribution in [1.82, 2.24) is 9.97 Å². The minimum Gasteiger partial charge on any atom is -0.508 e. The van der Waals surface area contributed by atoms with E-state index >= 15 is 0 Å². The van der Waals surface area contributed by atoms with E-state index in [1.807, 2.05) is 12.1 Å². The second-order valence-corrected chi connectivity index (χ2v) is 5.67. The normalized spacial score (nSPS) is 15.9. The Morgan fingerprint density at radius 3 is 2.86 bits per heavy atom. The maximum atomic E-state index is 9.60. The molecule has 0 spiro atoms. The summed E-state index contributed by atoms with van der Waals surface area (Å²) < 4.78 is 0. The van der Waals surface area contributed by atoms with Crippen molar-refractivity contribution < 1.29 is 5.11 Å². The number of rotatable bonds is 3. The predicted octanol–water partition coefficient (Wildman–Crippen LogP) is 3.62. The van der Waals surface area contributed by atoms with Gasteiger partial charge in [0.15, 0.2) is 0 Å². The fourth-order valence-electron chi connectivity index (χ4n) is 2.90. The molecule has 0 fully saturated rings. The van der Waals surface area contributed by atoms with E-state index in [2.05, 4.69) is 22.2 Å². The highest BCUT2D eigenvalue weighted by atomic mass is 16.3. The molecule has 1 aromatic heterocycles. The van der Waals surface area contributed by atoms with E-state index in [-0.39, 0.29) is 6.04 Å². The number of fused-ring (bicyclic) bond motifs is 1. The number of benzene rings is 1. The minimum atomic E-state index is 0.0966. The molecule has 2 N–H and O–H groups in total. The van der Waals surface area contributed by atoms with Crippen molar-refractivity contribution in [3.8, 4) is 5.75 Å². The molecule has 1 aromatic carbocycles. The van der Waals surface area contributed by atoms with Crippen LogP contribution in [0.2, 0.25) is 0 Å². The minimum absolute atomic E-state index is 0.0966. The molecule has 0 saturated carbocycles. The van der Waals surface area contributed by atoms with Crippen LogP contribution in [0.4, 0.5) is 5.82 Å². The van der Waals surface area contributed by atoms with E-state index in [4.69, 9.17) is 0 Å². The first kappa shape index (κ1) is 13.9. The van der Waals surface area contributed by atoms with E-state index in [9.17, 15) is 5.11 Å². The highest BCUT2D eigenvalue weighted by molar-refractivity contribution is 5.48. The lowest BCUT2D eigenvalue weighted by Crippen LogP contribution is -2.12. The molecular formula is C17H21N3O. The van der Waals surface area contributed by atoms with Crippen LogP contribution in [0.25, 0.3) is 0 Å². The maximum Gasteiger partial charge on any atom is 0.133 e. The van der Waals surface area contributed by atoms with E-state index in [1.54, 1.807) is 18.5 Å². The predicted molar refractivity (Wildman–Crippen MR) is 83.4 cm³/mol. The van der Waals surface area contributed by atoms with E-state index in [1.165, 1.54) is 30.5 Å². The van der Waals surface area contributed by atoms with Gasteiger partial charge in [0.05, 0.1) is 6.04 Å². The summed E-state index contributed by atoms with van der Waals surface area (Å²) in [5.74, 6) is 1.24. The lowest BCUT2D eigenvalue weighted by Gasteiger charge is -2.18. The van der Waals surface area contributed by atoms with Crippen LogP contribution in [0.1, 0.15) is 49.0 Å². The third-order valence-corrected chi connectivity index (χ3v) is 4.10. The first-order valence-electron chi connectivity index (χ1n) is 7.62. The third-order valence-electron chi connectivity index (χ3n) is 4.10. The van der Waals surface area contributed by atoms with Crippen LogP contribution in [0.15, 0.2) is 30.6 Å². The zero-order valence-corrected chi connectivity index (χ0v) is 12.3. The van der Waals surface area contributed by atoms with Gasteiger partial charge in [0.1, 0.15) is 17.9 Å². The molecular weight excluding hydrogens is 262 g/mol. The van der Waals surface area contributed by atoms with Gasteiger partial charge in [-0.3, -0.25) is 0 Å².